The molecule has 0 unspecified atom stereocenters. The van der Waals surface area contributed by atoms with Crippen molar-refractivity contribution in [2.75, 3.05) is 23.0 Å². The van der Waals surface area contributed by atoms with E-state index >= 15 is 0 Å². The van der Waals surface area contributed by atoms with Gasteiger partial charge in [0.1, 0.15) is 4.90 Å². The number of rotatable bonds is 4. The SMILES string of the molecule is CC(=O)N(C)c1ccc(Nc2cc(S(=O)(=O)O)c(N)c3c2C(=O)c2ccccc2C3=O)cc1. The Morgan fingerprint density at radius 1 is 0.970 bits per heavy atom. The molecule has 0 heterocycles. The van der Waals surface area contributed by atoms with Crippen molar-refractivity contribution in [3.63, 3.8) is 0 Å². The Morgan fingerprint density at radius 2 is 1.52 bits per heavy atom. The van der Waals surface area contributed by atoms with Crippen molar-refractivity contribution < 1.29 is 27.4 Å². The van der Waals surface area contributed by atoms with Crippen LogP contribution in [0.1, 0.15) is 38.8 Å². The monoisotopic (exact) mass is 465 g/mol. The van der Waals surface area contributed by atoms with Crippen molar-refractivity contribution in [1.82, 2.24) is 0 Å². The maximum Gasteiger partial charge on any atom is 0.296 e. The molecule has 9 nitrogen and oxygen atoms in total. The third-order valence-corrected chi connectivity index (χ3v) is 6.38. The van der Waals surface area contributed by atoms with E-state index in [1.165, 1.54) is 24.0 Å². The average Bonchev–Trinajstić information content (AvgIpc) is 2.77. The van der Waals surface area contributed by atoms with Crippen LogP contribution in [-0.4, -0.2) is 37.5 Å². The van der Waals surface area contributed by atoms with E-state index in [1.54, 1.807) is 43.4 Å². The van der Waals surface area contributed by atoms with Gasteiger partial charge in [0.15, 0.2) is 11.6 Å². The first kappa shape index (κ1) is 22.2. The first-order valence-electron chi connectivity index (χ1n) is 9.74. The Balaban J connectivity index is 1.89. The summed E-state index contributed by atoms with van der Waals surface area (Å²) in [4.78, 5) is 38.8. The lowest BCUT2D eigenvalue weighted by atomic mass is 9.82. The minimum Gasteiger partial charge on any atom is -0.397 e. The largest absolute Gasteiger partial charge is 0.397 e. The first-order valence-corrected chi connectivity index (χ1v) is 11.2. The average molecular weight is 465 g/mol. The standard InChI is InChI=1S/C23H19N3O6S/c1-12(27)26(2)14-9-7-13(8-10-14)25-17-11-18(33(30,31)32)21(24)20-19(17)22(28)15-5-3-4-6-16(15)23(20)29/h3-11,25H,24H2,1-2H3,(H,30,31,32). The van der Waals surface area contributed by atoms with Crippen molar-refractivity contribution in [2.24, 2.45) is 0 Å². The van der Waals surface area contributed by atoms with Crippen LogP contribution in [0.4, 0.5) is 22.7 Å². The Bertz CT molecular complexity index is 1450. The quantitative estimate of drug-likeness (QED) is 0.308. The number of nitrogens with zero attached hydrogens (tertiary/aromatic N) is 1. The Labute approximate surface area is 189 Å². The second-order valence-corrected chi connectivity index (χ2v) is 8.90. The summed E-state index contributed by atoms with van der Waals surface area (Å²) in [6, 6.07) is 13.7. The number of anilines is 4. The van der Waals surface area contributed by atoms with Gasteiger partial charge < -0.3 is 16.0 Å². The number of fused-ring (bicyclic) bond motifs is 2. The van der Waals surface area contributed by atoms with Crippen LogP contribution < -0.4 is 16.0 Å². The fraction of sp³-hybridized carbons (Fsp3) is 0.0870. The number of carbonyl (C=O) groups is 3. The predicted molar refractivity (Wildman–Crippen MR) is 123 cm³/mol. The number of nitrogens with one attached hydrogen (secondary N) is 1. The molecule has 0 radical (unpaired) electrons. The van der Waals surface area contributed by atoms with Crippen LogP contribution in [-0.2, 0) is 14.9 Å². The van der Waals surface area contributed by atoms with Crippen LogP contribution in [0, 0.1) is 0 Å². The summed E-state index contributed by atoms with van der Waals surface area (Å²) in [6.07, 6.45) is 0. The molecule has 0 saturated heterocycles. The van der Waals surface area contributed by atoms with Crippen molar-refractivity contribution in [3.8, 4) is 0 Å². The lowest BCUT2D eigenvalue weighted by molar-refractivity contribution is -0.116. The van der Waals surface area contributed by atoms with Gasteiger partial charge in [-0.3, -0.25) is 18.9 Å². The van der Waals surface area contributed by atoms with Crippen LogP contribution in [0.5, 0.6) is 0 Å². The molecular formula is C23H19N3O6S. The third kappa shape index (κ3) is 3.75. The molecule has 1 amide bonds. The summed E-state index contributed by atoms with van der Waals surface area (Å²) < 4.78 is 33.6. The Morgan fingerprint density at radius 3 is 2.03 bits per heavy atom. The van der Waals surface area contributed by atoms with E-state index in [1.807, 2.05) is 0 Å². The molecule has 4 N–H and O–H groups in total. The van der Waals surface area contributed by atoms with Gasteiger partial charge in [-0.05, 0) is 30.3 Å². The van der Waals surface area contributed by atoms with E-state index in [0.717, 1.165) is 6.07 Å². The molecule has 0 fully saturated rings. The van der Waals surface area contributed by atoms with E-state index in [2.05, 4.69) is 5.32 Å². The lowest BCUT2D eigenvalue weighted by Gasteiger charge is -2.24. The number of nitrogen functional groups attached to an aromatic ring is 1. The summed E-state index contributed by atoms with van der Waals surface area (Å²) in [5, 5.41) is 2.94. The van der Waals surface area contributed by atoms with E-state index in [9.17, 15) is 27.4 Å². The molecule has 0 saturated carbocycles. The zero-order chi connectivity index (χ0) is 24.1. The maximum atomic E-state index is 13.3. The number of hydrogen-bond donors (Lipinski definition) is 3. The molecule has 1 aliphatic rings. The van der Waals surface area contributed by atoms with Gasteiger partial charge in [-0.1, -0.05) is 24.3 Å². The zero-order valence-electron chi connectivity index (χ0n) is 17.6. The highest BCUT2D eigenvalue weighted by atomic mass is 32.2. The zero-order valence-corrected chi connectivity index (χ0v) is 18.4. The number of hydrogen-bond acceptors (Lipinski definition) is 7. The number of ketones is 2. The van der Waals surface area contributed by atoms with Gasteiger partial charge in [-0.15, -0.1) is 0 Å². The highest BCUT2D eigenvalue weighted by Crippen LogP contribution is 2.40. The van der Waals surface area contributed by atoms with Crippen molar-refractivity contribution >= 4 is 50.3 Å². The van der Waals surface area contributed by atoms with Crippen LogP contribution >= 0.6 is 0 Å². The minimum atomic E-state index is -4.80. The summed E-state index contributed by atoms with van der Waals surface area (Å²) in [6.45, 7) is 1.42. The fourth-order valence-corrected chi connectivity index (χ4v) is 4.36. The van der Waals surface area contributed by atoms with Crippen molar-refractivity contribution in [2.45, 2.75) is 11.8 Å². The maximum absolute atomic E-state index is 13.3. The molecule has 0 atom stereocenters. The second kappa shape index (κ2) is 7.84. The molecule has 0 aliphatic heterocycles. The third-order valence-electron chi connectivity index (χ3n) is 5.48. The first-order chi connectivity index (χ1) is 15.5. The molecule has 0 bridgehead atoms. The molecule has 168 valence electrons. The van der Waals surface area contributed by atoms with Gasteiger partial charge in [0.25, 0.3) is 10.1 Å². The molecule has 4 rings (SSSR count). The summed E-state index contributed by atoms with van der Waals surface area (Å²) in [5.41, 5.74) is 6.41. The van der Waals surface area contributed by atoms with Crippen LogP contribution in [0.2, 0.25) is 0 Å². The molecule has 1 aliphatic carbocycles. The van der Waals surface area contributed by atoms with Crippen molar-refractivity contribution in [1.29, 1.82) is 0 Å². The molecule has 10 heteroatoms. The van der Waals surface area contributed by atoms with Crippen LogP contribution in [0.15, 0.2) is 59.5 Å². The highest BCUT2D eigenvalue weighted by Gasteiger charge is 2.36. The molecule has 3 aromatic rings. The normalized spacial score (nSPS) is 12.7. The number of nitrogens with two attached hydrogens (primary N) is 1. The van der Waals surface area contributed by atoms with Crippen LogP contribution in [0.3, 0.4) is 0 Å². The van der Waals surface area contributed by atoms with Gasteiger partial charge in [0.2, 0.25) is 5.91 Å². The fourth-order valence-electron chi connectivity index (χ4n) is 3.71. The van der Waals surface area contributed by atoms with Gasteiger partial charge in [-0.25, -0.2) is 0 Å². The predicted octanol–water partition coefficient (Wildman–Crippen LogP) is 3.02. The van der Waals surface area contributed by atoms with Gasteiger partial charge >= 0.3 is 0 Å². The number of amides is 1. The van der Waals surface area contributed by atoms with E-state index in [0.29, 0.717) is 11.4 Å². The lowest BCUT2D eigenvalue weighted by Crippen LogP contribution is -2.25. The van der Waals surface area contributed by atoms with Crippen molar-refractivity contribution in [3.05, 3.63) is 76.9 Å². The van der Waals surface area contributed by atoms with Crippen LogP contribution in [0.25, 0.3) is 0 Å². The van der Waals surface area contributed by atoms with Gasteiger partial charge in [-0.2, -0.15) is 8.42 Å². The molecular weight excluding hydrogens is 446 g/mol. The Kier molecular flexibility index (Phi) is 5.27. The van der Waals surface area contributed by atoms with Gasteiger partial charge in [0.05, 0.1) is 22.5 Å². The number of benzene rings is 3. The Hall–Kier alpha value is -4.02. The second-order valence-electron chi connectivity index (χ2n) is 7.51. The van der Waals surface area contributed by atoms with E-state index in [4.69, 9.17) is 5.73 Å². The molecule has 0 aromatic heterocycles. The topological polar surface area (TPSA) is 147 Å². The summed E-state index contributed by atoms with van der Waals surface area (Å²) >= 11 is 0. The molecule has 0 spiro atoms. The van der Waals surface area contributed by atoms with Gasteiger partial charge in [0, 0.05) is 36.5 Å². The highest BCUT2D eigenvalue weighted by molar-refractivity contribution is 7.86. The summed E-state index contributed by atoms with van der Waals surface area (Å²) in [5.74, 6) is -1.29. The molecule has 33 heavy (non-hydrogen) atoms. The smallest absolute Gasteiger partial charge is 0.296 e. The summed E-state index contributed by atoms with van der Waals surface area (Å²) in [7, 11) is -3.19. The van der Waals surface area contributed by atoms with E-state index < -0.39 is 32.3 Å². The van der Waals surface area contributed by atoms with E-state index in [-0.39, 0.29) is 33.8 Å². The number of carbonyl (C=O) groups excluding carboxylic acids is 3. The molecule has 3 aromatic carbocycles. The minimum absolute atomic E-state index is 0.00708.